The molecule has 0 aliphatic rings. The summed E-state index contributed by atoms with van der Waals surface area (Å²) < 4.78 is 0. The molecule has 0 bridgehead atoms. The van der Waals surface area contributed by atoms with Crippen LogP contribution in [0.1, 0.15) is 47.2 Å². The zero-order chi connectivity index (χ0) is 14.4. The molecule has 4 heteroatoms. The number of anilines is 1. The van der Waals surface area contributed by atoms with Gasteiger partial charge in [-0.3, -0.25) is 4.98 Å². The summed E-state index contributed by atoms with van der Waals surface area (Å²) in [6.45, 7) is 14.9. The summed E-state index contributed by atoms with van der Waals surface area (Å²) in [5, 5.41) is 3.38. The number of nitrogens with zero attached hydrogens (tertiary/aromatic N) is 3. The number of aromatic nitrogens is 2. The Morgan fingerprint density at radius 1 is 1.11 bits per heavy atom. The minimum atomic E-state index is 0.435. The van der Waals surface area contributed by atoms with Crippen LogP contribution in [0, 0.1) is 5.92 Å². The zero-order valence-corrected chi connectivity index (χ0v) is 13.1. The van der Waals surface area contributed by atoms with Gasteiger partial charge in [0.1, 0.15) is 5.82 Å². The number of hydrogen-bond acceptors (Lipinski definition) is 4. The van der Waals surface area contributed by atoms with Crippen LogP contribution in [-0.2, 0) is 6.54 Å². The Hall–Kier alpha value is -1.16. The van der Waals surface area contributed by atoms with Gasteiger partial charge in [0.25, 0.3) is 0 Å². The van der Waals surface area contributed by atoms with E-state index in [1.807, 2.05) is 12.4 Å². The van der Waals surface area contributed by atoms with Gasteiger partial charge in [0.05, 0.1) is 11.9 Å². The van der Waals surface area contributed by atoms with Crippen LogP contribution in [0.25, 0.3) is 0 Å². The molecule has 0 unspecified atom stereocenters. The molecule has 4 nitrogen and oxygen atoms in total. The van der Waals surface area contributed by atoms with E-state index in [2.05, 4.69) is 56.7 Å². The maximum Gasteiger partial charge on any atom is 0.147 e. The van der Waals surface area contributed by atoms with E-state index >= 15 is 0 Å². The Morgan fingerprint density at radius 2 is 1.79 bits per heavy atom. The molecular weight excluding hydrogens is 236 g/mol. The van der Waals surface area contributed by atoms with E-state index in [1.54, 1.807) is 0 Å². The van der Waals surface area contributed by atoms with Crippen molar-refractivity contribution in [3.8, 4) is 0 Å². The molecule has 1 N–H and O–H groups in total. The monoisotopic (exact) mass is 264 g/mol. The van der Waals surface area contributed by atoms with Crippen LogP contribution >= 0.6 is 0 Å². The van der Waals surface area contributed by atoms with E-state index in [0.717, 1.165) is 24.6 Å². The molecule has 1 aromatic rings. The minimum absolute atomic E-state index is 0.435. The lowest BCUT2D eigenvalue weighted by molar-refractivity contribution is 0.558. The maximum absolute atomic E-state index is 4.72. The lowest BCUT2D eigenvalue weighted by Crippen LogP contribution is -2.35. The van der Waals surface area contributed by atoms with Crippen LogP contribution in [0.2, 0.25) is 0 Å². The quantitative estimate of drug-likeness (QED) is 0.822. The molecule has 0 aliphatic heterocycles. The first-order valence-electron chi connectivity index (χ1n) is 7.21. The predicted octanol–water partition coefficient (Wildman–Crippen LogP) is 2.85. The average Bonchev–Trinajstić information content (AvgIpc) is 2.33. The van der Waals surface area contributed by atoms with Crippen LogP contribution in [-0.4, -0.2) is 28.6 Å². The Balaban J connectivity index is 2.82. The van der Waals surface area contributed by atoms with E-state index in [0.29, 0.717) is 18.0 Å². The van der Waals surface area contributed by atoms with E-state index in [9.17, 15) is 0 Å². The van der Waals surface area contributed by atoms with Crippen LogP contribution in [0.3, 0.4) is 0 Å². The zero-order valence-electron chi connectivity index (χ0n) is 13.1. The van der Waals surface area contributed by atoms with Crippen molar-refractivity contribution in [3.05, 3.63) is 18.1 Å². The summed E-state index contributed by atoms with van der Waals surface area (Å²) in [7, 11) is 0. The normalized spacial score (nSPS) is 11.6. The third kappa shape index (κ3) is 5.55. The van der Waals surface area contributed by atoms with Gasteiger partial charge in [-0.05, 0) is 19.8 Å². The van der Waals surface area contributed by atoms with Crippen LogP contribution in [0.5, 0.6) is 0 Å². The highest BCUT2D eigenvalue weighted by atomic mass is 15.2. The van der Waals surface area contributed by atoms with Gasteiger partial charge in [-0.2, -0.15) is 0 Å². The molecule has 0 atom stereocenters. The summed E-state index contributed by atoms with van der Waals surface area (Å²) in [4.78, 5) is 11.4. The SMILES string of the molecule is CC(C)CN(c1cncc(CNC(C)C)n1)C(C)C. The molecular formula is C15H28N4. The van der Waals surface area contributed by atoms with Crippen molar-refractivity contribution in [1.82, 2.24) is 15.3 Å². The highest BCUT2D eigenvalue weighted by Gasteiger charge is 2.14. The van der Waals surface area contributed by atoms with Crippen LogP contribution in [0.15, 0.2) is 12.4 Å². The molecule has 0 amide bonds. The van der Waals surface area contributed by atoms with Crippen LogP contribution < -0.4 is 10.2 Å². The van der Waals surface area contributed by atoms with E-state index < -0.39 is 0 Å². The molecule has 1 heterocycles. The molecule has 19 heavy (non-hydrogen) atoms. The lowest BCUT2D eigenvalue weighted by Gasteiger charge is -2.29. The van der Waals surface area contributed by atoms with Crippen molar-refractivity contribution < 1.29 is 0 Å². The second-order valence-corrected chi connectivity index (χ2v) is 6.04. The highest BCUT2D eigenvalue weighted by Crippen LogP contribution is 2.15. The summed E-state index contributed by atoms with van der Waals surface area (Å²) >= 11 is 0. The van der Waals surface area contributed by atoms with Gasteiger partial charge in [-0.25, -0.2) is 4.98 Å². The third-order valence-electron chi connectivity index (χ3n) is 2.84. The van der Waals surface area contributed by atoms with Gasteiger partial charge in [0.2, 0.25) is 0 Å². The van der Waals surface area contributed by atoms with E-state index in [1.165, 1.54) is 0 Å². The minimum Gasteiger partial charge on any atom is -0.353 e. The Labute approximate surface area is 117 Å². The second-order valence-electron chi connectivity index (χ2n) is 6.04. The predicted molar refractivity (Wildman–Crippen MR) is 81.3 cm³/mol. The van der Waals surface area contributed by atoms with Crippen molar-refractivity contribution in [2.45, 2.75) is 60.2 Å². The molecule has 108 valence electrons. The van der Waals surface area contributed by atoms with Gasteiger partial charge >= 0.3 is 0 Å². The molecule has 0 saturated carbocycles. The first kappa shape index (κ1) is 15.9. The van der Waals surface area contributed by atoms with Crippen molar-refractivity contribution in [2.24, 2.45) is 5.92 Å². The first-order chi connectivity index (χ1) is 8.90. The van der Waals surface area contributed by atoms with Gasteiger partial charge in [-0.15, -0.1) is 0 Å². The standard InChI is InChI=1S/C15H28N4/c1-11(2)10-19(13(5)6)15-9-16-7-14(18-15)8-17-12(3)4/h7,9,11-13,17H,8,10H2,1-6H3. The highest BCUT2D eigenvalue weighted by molar-refractivity contribution is 5.37. The summed E-state index contributed by atoms with van der Waals surface area (Å²) in [5.74, 6) is 1.59. The topological polar surface area (TPSA) is 41.1 Å². The maximum atomic E-state index is 4.72. The van der Waals surface area contributed by atoms with Crippen molar-refractivity contribution >= 4 is 5.82 Å². The molecule has 0 spiro atoms. The number of rotatable bonds is 7. The smallest absolute Gasteiger partial charge is 0.147 e. The lowest BCUT2D eigenvalue weighted by atomic mass is 10.2. The van der Waals surface area contributed by atoms with Gasteiger partial charge in [0, 0.05) is 31.4 Å². The molecule has 1 aromatic heterocycles. The average molecular weight is 264 g/mol. The Bertz CT molecular complexity index is 374. The molecule has 0 aromatic carbocycles. The van der Waals surface area contributed by atoms with Crippen molar-refractivity contribution in [2.75, 3.05) is 11.4 Å². The summed E-state index contributed by atoms with van der Waals surface area (Å²) in [5.41, 5.74) is 1.00. The molecule has 0 fully saturated rings. The van der Waals surface area contributed by atoms with Crippen molar-refractivity contribution in [3.63, 3.8) is 0 Å². The largest absolute Gasteiger partial charge is 0.353 e. The van der Waals surface area contributed by atoms with E-state index in [-0.39, 0.29) is 0 Å². The molecule has 0 saturated heterocycles. The molecule has 1 rings (SSSR count). The third-order valence-corrected chi connectivity index (χ3v) is 2.84. The second kappa shape index (κ2) is 7.43. The number of nitrogens with one attached hydrogen (secondary N) is 1. The van der Waals surface area contributed by atoms with Gasteiger partial charge in [0.15, 0.2) is 0 Å². The fourth-order valence-corrected chi connectivity index (χ4v) is 1.89. The molecule has 0 radical (unpaired) electrons. The van der Waals surface area contributed by atoms with Gasteiger partial charge in [-0.1, -0.05) is 27.7 Å². The Morgan fingerprint density at radius 3 is 2.32 bits per heavy atom. The van der Waals surface area contributed by atoms with Crippen molar-refractivity contribution in [1.29, 1.82) is 0 Å². The Kier molecular flexibility index (Phi) is 6.22. The van der Waals surface area contributed by atoms with Crippen LogP contribution in [0.4, 0.5) is 5.82 Å². The summed E-state index contributed by atoms with van der Waals surface area (Å²) in [6, 6.07) is 0.896. The summed E-state index contributed by atoms with van der Waals surface area (Å²) in [6.07, 6.45) is 3.70. The molecule has 0 aliphatic carbocycles. The number of hydrogen-bond donors (Lipinski definition) is 1. The first-order valence-corrected chi connectivity index (χ1v) is 7.21. The van der Waals surface area contributed by atoms with Gasteiger partial charge < -0.3 is 10.2 Å². The fourth-order valence-electron chi connectivity index (χ4n) is 1.89. The fraction of sp³-hybridized carbons (Fsp3) is 0.733. The van der Waals surface area contributed by atoms with E-state index in [4.69, 9.17) is 4.98 Å².